The Morgan fingerprint density at radius 1 is 0.875 bits per heavy atom. The van der Waals surface area contributed by atoms with Gasteiger partial charge in [-0.3, -0.25) is 9.59 Å². The number of rotatable bonds is 0. The van der Waals surface area contributed by atoms with Gasteiger partial charge in [-0.15, -0.1) is 0 Å². The number of aromatic nitrogens is 2. The molecule has 0 bridgehead atoms. The lowest BCUT2D eigenvalue weighted by Gasteiger charge is -2.07. The average Bonchev–Trinajstić information content (AvgIpc) is 2.32. The van der Waals surface area contributed by atoms with Crippen LogP contribution in [0.4, 0.5) is 0 Å². The zero-order valence-corrected chi connectivity index (χ0v) is 8.18. The van der Waals surface area contributed by atoms with Crippen LogP contribution in [0.2, 0.25) is 0 Å². The van der Waals surface area contributed by atoms with Crippen LogP contribution < -0.4 is 0 Å². The van der Waals surface area contributed by atoms with Crippen LogP contribution in [0.3, 0.4) is 0 Å². The quantitative estimate of drug-likeness (QED) is 0.617. The van der Waals surface area contributed by atoms with Crippen LogP contribution in [0.1, 0.15) is 16.2 Å². The molecule has 1 aromatic carbocycles. The fourth-order valence-corrected chi connectivity index (χ4v) is 1.64. The summed E-state index contributed by atoms with van der Waals surface area (Å²) in [6, 6.07) is 7.24. The number of hydrogen-bond acceptors (Lipinski definition) is 4. The third-order valence-corrected chi connectivity index (χ3v) is 2.43. The lowest BCUT2D eigenvalue weighted by Crippen LogP contribution is -2.19. The van der Waals surface area contributed by atoms with Crippen molar-refractivity contribution in [2.24, 2.45) is 0 Å². The summed E-state index contributed by atoms with van der Waals surface area (Å²) in [5, 5.41) is 0. The van der Waals surface area contributed by atoms with Gasteiger partial charge in [-0.05, 0) is 24.3 Å². The predicted octanol–water partition coefficient (Wildman–Crippen LogP) is 1.41. The summed E-state index contributed by atoms with van der Waals surface area (Å²) < 4.78 is 0. The van der Waals surface area contributed by atoms with E-state index in [4.69, 9.17) is 0 Å². The average molecular weight is 210 g/mol. The van der Waals surface area contributed by atoms with E-state index >= 15 is 0 Å². The molecule has 0 spiro atoms. The normalized spacial score (nSPS) is 14.2. The first-order chi connectivity index (χ1) is 7.75. The molecule has 16 heavy (non-hydrogen) atoms. The van der Waals surface area contributed by atoms with Gasteiger partial charge in [0, 0.05) is 0 Å². The van der Waals surface area contributed by atoms with Gasteiger partial charge in [0.15, 0.2) is 0 Å². The fourth-order valence-electron chi connectivity index (χ4n) is 1.64. The van der Waals surface area contributed by atoms with Crippen LogP contribution in [0.15, 0.2) is 30.3 Å². The topological polar surface area (TPSA) is 59.9 Å². The van der Waals surface area contributed by atoms with E-state index in [9.17, 15) is 9.59 Å². The summed E-state index contributed by atoms with van der Waals surface area (Å²) >= 11 is 0. The molecule has 0 unspecified atom stereocenters. The largest absolute Gasteiger partial charge is 0.285 e. The van der Waals surface area contributed by atoms with E-state index in [1.54, 1.807) is 6.07 Å². The summed E-state index contributed by atoms with van der Waals surface area (Å²) in [7, 11) is 0. The van der Waals surface area contributed by atoms with E-state index in [-0.39, 0.29) is 5.69 Å². The molecule has 76 valence electrons. The number of para-hydroxylation sites is 2. The molecule has 2 aromatic rings. The Labute approximate surface area is 90.6 Å². The Bertz CT molecular complexity index is 659. The van der Waals surface area contributed by atoms with E-state index < -0.39 is 11.6 Å². The van der Waals surface area contributed by atoms with E-state index in [0.717, 1.165) is 0 Å². The highest BCUT2D eigenvalue weighted by Gasteiger charge is 2.23. The monoisotopic (exact) mass is 210 g/mol. The van der Waals surface area contributed by atoms with Gasteiger partial charge < -0.3 is 0 Å². The van der Waals surface area contributed by atoms with Crippen LogP contribution >= 0.6 is 0 Å². The first kappa shape index (κ1) is 8.91. The Morgan fingerprint density at radius 3 is 2.31 bits per heavy atom. The molecule has 1 aliphatic rings. The molecule has 0 atom stereocenters. The zero-order valence-electron chi connectivity index (χ0n) is 8.18. The van der Waals surface area contributed by atoms with Crippen molar-refractivity contribution in [2.45, 2.75) is 0 Å². The van der Waals surface area contributed by atoms with Gasteiger partial charge in [0.1, 0.15) is 5.69 Å². The molecule has 4 heteroatoms. The first-order valence-electron chi connectivity index (χ1n) is 4.79. The van der Waals surface area contributed by atoms with Crippen molar-refractivity contribution in [3.8, 4) is 0 Å². The number of carbonyl (C=O) groups is 2. The number of carbonyl (C=O) groups excluding carboxylic acids is 2. The summed E-state index contributed by atoms with van der Waals surface area (Å²) in [6.45, 7) is 0. The number of nitrogens with zero attached hydrogens (tertiary/aromatic N) is 2. The Morgan fingerprint density at radius 2 is 1.56 bits per heavy atom. The number of Topliss-reactive ketones (excluding diaryl/α,β-unsaturated/α-hetero) is 1. The zero-order chi connectivity index (χ0) is 11.1. The van der Waals surface area contributed by atoms with Crippen molar-refractivity contribution in [3.05, 3.63) is 41.7 Å². The van der Waals surface area contributed by atoms with E-state index in [1.807, 2.05) is 18.2 Å². The lowest BCUT2D eigenvalue weighted by atomic mass is 10.0. The van der Waals surface area contributed by atoms with Gasteiger partial charge in [0.05, 0.1) is 16.7 Å². The third kappa shape index (κ3) is 1.16. The van der Waals surface area contributed by atoms with Crippen molar-refractivity contribution < 1.29 is 9.59 Å². The molecule has 0 radical (unpaired) electrons. The second-order valence-electron chi connectivity index (χ2n) is 3.47. The molecule has 4 nitrogen and oxygen atoms in total. The molecule has 0 amide bonds. The number of benzene rings is 1. The number of hydrogen-bond donors (Lipinski definition) is 0. The highest BCUT2D eigenvalue weighted by atomic mass is 16.2. The van der Waals surface area contributed by atoms with Crippen LogP contribution in [0.5, 0.6) is 0 Å². The minimum atomic E-state index is -0.587. The highest BCUT2D eigenvalue weighted by Crippen LogP contribution is 2.17. The molecule has 1 aliphatic carbocycles. The summed E-state index contributed by atoms with van der Waals surface area (Å²) in [4.78, 5) is 31.2. The van der Waals surface area contributed by atoms with E-state index in [1.165, 1.54) is 12.2 Å². The van der Waals surface area contributed by atoms with Gasteiger partial charge in [0.25, 0.3) is 5.78 Å². The predicted molar refractivity (Wildman–Crippen MR) is 57.9 cm³/mol. The van der Waals surface area contributed by atoms with Gasteiger partial charge in [-0.2, -0.15) is 0 Å². The van der Waals surface area contributed by atoms with Crippen molar-refractivity contribution in [1.82, 2.24) is 9.97 Å². The number of fused-ring (bicyclic) bond motifs is 2. The molecule has 1 aromatic heterocycles. The van der Waals surface area contributed by atoms with Crippen molar-refractivity contribution in [1.29, 1.82) is 0 Å². The maximum absolute atomic E-state index is 11.6. The Hall–Kier alpha value is -2.36. The van der Waals surface area contributed by atoms with Crippen molar-refractivity contribution in [2.75, 3.05) is 0 Å². The maximum Gasteiger partial charge on any atom is 0.253 e. The molecular weight excluding hydrogens is 204 g/mol. The smallest absolute Gasteiger partial charge is 0.253 e. The highest BCUT2D eigenvalue weighted by molar-refractivity contribution is 6.49. The fraction of sp³-hybridized carbons (Fsp3) is 0. The van der Waals surface area contributed by atoms with Crippen molar-refractivity contribution in [3.63, 3.8) is 0 Å². The first-order valence-corrected chi connectivity index (χ1v) is 4.79. The van der Waals surface area contributed by atoms with Crippen LogP contribution in [0, 0.1) is 0 Å². The molecule has 0 N–H and O–H groups in total. The lowest BCUT2D eigenvalue weighted by molar-refractivity contribution is -0.111. The molecule has 0 aliphatic heterocycles. The molecule has 1 heterocycles. The molecular formula is C12H6N2O2. The van der Waals surface area contributed by atoms with Gasteiger partial charge >= 0.3 is 0 Å². The Kier molecular flexibility index (Phi) is 1.71. The minimum absolute atomic E-state index is 0.145. The summed E-state index contributed by atoms with van der Waals surface area (Å²) in [5.74, 6) is -1.13. The Balaban J connectivity index is 2.37. The van der Waals surface area contributed by atoms with E-state index in [0.29, 0.717) is 16.7 Å². The maximum atomic E-state index is 11.6. The van der Waals surface area contributed by atoms with Crippen molar-refractivity contribution >= 4 is 28.7 Å². The summed E-state index contributed by atoms with van der Waals surface area (Å²) in [6.07, 6.45) is 2.76. The minimum Gasteiger partial charge on any atom is -0.285 e. The second kappa shape index (κ2) is 3.06. The SMILES string of the molecule is O=C1C=Cc2nc3ccccc3nc2C1=O. The second-order valence-corrected chi connectivity index (χ2v) is 3.47. The standard InChI is InChI=1S/C12H6N2O2/c15-10-6-5-9-11(12(10)16)14-8-4-2-1-3-7(8)13-9/h1-6H. The van der Waals surface area contributed by atoms with Crippen LogP contribution in [0.25, 0.3) is 17.1 Å². The van der Waals surface area contributed by atoms with E-state index in [2.05, 4.69) is 9.97 Å². The van der Waals surface area contributed by atoms with Gasteiger partial charge in [-0.25, -0.2) is 9.97 Å². The number of ketones is 2. The van der Waals surface area contributed by atoms with Crippen LogP contribution in [-0.2, 0) is 4.79 Å². The van der Waals surface area contributed by atoms with Gasteiger partial charge in [0.2, 0.25) is 5.78 Å². The summed E-state index contributed by atoms with van der Waals surface area (Å²) in [5.41, 5.74) is 1.94. The molecule has 0 fully saturated rings. The third-order valence-electron chi connectivity index (χ3n) is 2.43. The van der Waals surface area contributed by atoms with Gasteiger partial charge in [-0.1, -0.05) is 12.1 Å². The molecule has 0 saturated heterocycles. The number of allylic oxidation sites excluding steroid dienone is 1. The molecule has 0 saturated carbocycles. The van der Waals surface area contributed by atoms with Crippen LogP contribution in [-0.4, -0.2) is 21.5 Å². The molecule has 3 rings (SSSR count).